The fourth-order valence-electron chi connectivity index (χ4n) is 1.76. The van der Waals surface area contributed by atoms with Crippen molar-refractivity contribution in [2.45, 2.75) is 32.4 Å². The van der Waals surface area contributed by atoms with Crippen LogP contribution >= 0.6 is 11.8 Å². The van der Waals surface area contributed by atoms with Gasteiger partial charge in [-0.2, -0.15) is 11.8 Å². The number of hydrogen-bond acceptors (Lipinski definition) is 3. The number of rotatable bonds is 6. The van der Waals surface area contributed by atoms with Gasteiger partial charge in [-0.3, -0.25) is 4.79 Å². The Hall–Kier alpha value is -0.940. The van der Waals surface area contributed by atoms with E-state index in [2.05, 4.69) is 5.32 Å². The van der Waals surface area contributed by atoms with Crippen LogP contribution in [0.4, 0.5) is 0 Å². The van der Waals surface area contributed by atoms with Crippen LogP contribution in [0.5, 0.6) is 0 Å². The second kappa shape index (κ2) is 6.29. The molecule has 1 aromatic rings. The van der Waals surface area contributed by atoms with E-state index in [0.717, 1.165) is 0 Å². The predicted molar refractivity (Wildman–Crippen MR) is 76.2 cm³/mol. The first kappa shape index (κ1) is 15.1. The standard InChI is InChI=1S/C13H22N2O2S/c1-10(2)15-7-5-6-11(15)12(16)14-8-13(3,17)9-18-4/h5-7,10,17H,8-9H2,1-4H3,(H,14,16). The molecule has 1 unspecified atom stereocenters. The molecule has 0 aromatic carbocycles. The first-order valence-corrected chi connectivity index (χ1v) is 7.43. The molecule has 1 amide bonds. The number of aromatic nitrogens is 1. The summed E-state index contributed by atoms with van der Waals surface area (Å²) in [6.07, 6.45) is 3.82. The predicted octanol–water partition coefficient (Wildman–Crippen LogP) is 1.91. The number of amides is 1. The molecular weight excluding hydrogens is 248 g/mol. The van der Waals surface area contributed by atoms with Gasteiger partial charge < -0.3 is 15.0 Å². The van der Waals surface area contributed by atoms with Crippen molar-refractivity contribution in [1.29, 1.82) is 0 Å². The van der Waals surface area contributed by atoms with E-state index in [1.54, 1.807) is 24.8 Å². The van der Waals surface area contributed by atoms with Crippen LogP contribution in [0.25, 0.3) is 0 Å². The molecule has 18 heavy (non-hydrogen) atoms. The third-order valence-corrected chi connectivity index (χ3v) is 3.56. The number of aliphatic hydroxyl groups is 1. The minimum atomic E-state index is -0.871. The number of nitrogens with zero attached hydrogens (tertiary/aromatic N) is 1. The van der Waals surface area contributed by atoms with Crippen molar-refractivity contribution in [3.63, 3.8) is 0 Å². The van der Waals surface area contributed by atoms with Crippen LogP contribution in [0.15, 0.2) is 18.3 Å². The van der Waals surface area contributed by atoms with E-state index in [9.17, 15) is 9.90 Å². The van der Waals surface area contributed by atoms with E-state index in [1.807, 2.05) is 36.9 Å². The van der Waals surface area contributed by atoms with Gasteiger partial charge in [-0.1, -0.05) is 0 Å². The molecule has 0 saturated heterocycles. The summed E-state index contributed by atoms with van der Waals surface area (Å²) in [5.41, 5.74) is -0.241. The Kier molecular flexibility index (Phi) is 5.28. The summed E-state index contributed by atoms with van der Waals surface area (Å²) in [4.78, 5) is 12.0. The van der Waals surface area contributed by atoms with Gasteiger partial charge >= 0.3 is 0 Å². The molecule has 1 heterocycles. The van der Waals surface area contributed by atoms with Crippen molar-refractivity contribution < 1.29 is 9.90 Å². The average Bonchev–Trinajstić information content (AvgIpc) is 2.74. The largest absolute Gasteiger partial charge is 0.387 e. The van der Waals surface area contributed by atoms with E-state index in [1.165, 1.54) is 0 Å². The third-order valence-electron chi connectivity index (χ3n) is 2.65. The Bertz CT molecular complexity index is 399. The molecule has 5 heteroatoms. The van der Waals surface area contributed by atoms with Gasteiger partial charge in [0.25, 0.3) is 5.91 Å². The quantitative estimate of drug-likeness (QED) is 0.830. The Morgan fingerprint density at radius 2 is 2.28 bits per heavy atom. The molecule has 1 atom stereocenters. The molecule has 0 aliphatic rings. The Morgan fingerprint density at radius 3 is 2.83 bits per heavy atom. The van der Waals surface area contributed by atoms with Gasteiger partial charge in [-0.05, 0) is 39.2 Å². The van der Waals surface area contributed by atoms with Crippen molar-refractivity contribution in [3.8, 4) is 0 Å². The third kappa shape index (κ3) is 4.07. The zero-order chi connectivity index (χ0) is 13.8. The average molecular weight is 270 g/mol. The number of hydrogen-bond donors (Lipinski definition) is 2. The van der Waals surface area contributed by atoms with Crippen LogP contribution in [-0.4, -0.2) is 39.7 Å². The van der Waals surface area contributed by atoms with Crippen molar-refractivity contribution in [1.82, 2.24) is 9.88 Å². The molecule has 0 fully saturated rings. The minimum Gasteiger partial charge on any atom is -0.387 e. The Labute approximate surface area is 113 Å². The minimum absolute atomic E-state index is 0.143. The highest BCUT2D eigenvalue weighted by Gasteiger charge is 2.21. The lowest BCUT2D eigenvalue weighted by atomic mass is 10.1. The van der Waals surface area contributed by atoms with E-state index in [4.69, 9.17) is 0 Å². The molecule has 0 spiro atoms. The van der Waals surface area contributed by atoms with Gasteiger partial charge in [0.1, 0.15) is 5.69 Å². The van der Waals surface area contributed by atoms with Gasteiger partial charge in [0, 0.05) is 24.5 Å². The summed E-state index contributed by atoms with van der Waals surface area (Å²) in [6.45, 7) is 6.04. The molecular formula is C13H22N2O2S. The van der Waals surface area contributed by atoms with Crippen molar-refractivity contribution >= 4 is 17.7 Å². The topological polar surface area (TPSA) is 54.3 Å². The Morgan fingerprint density at radius 1 is 1.61 bits per heavy atom. The molecule has 1 aromatic heterocycles. The SMILES string of the molecule is CSCC(C)(O)CNC(=O)c1cccn1C(C)C. The summed E-state index contributed by atoms with van der Waals surface area (Å²) >= 11 is 1.56. The van der Waals surface area contributed by atoms with E-state index >= 15 is 0 Å². The van der Waals surface area contributed by atoms with Crippen LogP contribution in [0.2, 0.25) is 0 Å². The zero-order valence-corrected chi connectivity index (χ0v) is 12.3. The number of nitrogens with one attached hydrogen (secondary N) is 1. The lowest BCUT2D eigenvalue weighted by Crippen LogP contribution is -2.42. The van der Waals surface area contributed by atoms with Crippen molar-refractivity contribution in [3.05, 3.63) is 24.0 Å². The van der Waals surface area contributed by atoms with E-state index < -0.39 is 5.60 Å². The summed E-state index contributed by atoms with van der Waals surface area (Å²) in [5, 5.41) is 12.8. The van der Waals surface area contributed by atoms with Crippen LogP contribution < -0.4 is 5.32 Å². The second-order valence-corrected chi connectivity index (χ2v) is 5.87. The van der Waals surface area contributed by atoms with Crippen LogP contribution in [-0.2, 0) is 0 Å². The fraction of sp³-hybridized carbons (Fsp3) is 0.615. The number of carbonyl (C=O) groups excluding carboxylic acids is 1. The highest BCUT2D eigenvalue weighted by atomic mass is 32.2. The first-order valence-electron chi connectivity index (χ1n) is 6.04. The summed E-state index contributed by atoms with van der Waals surface area (Å²) in [5.74, 6) is 0.452. The molecule has 0 bridgehead atoms. The maximum atomic E-state index is 12.0. The molecule has 0 aliphatic heterocycles. The molecule has 0 aliphatic carbocycles. The molecule has 1 rings (SSSR count). The van der Waals surface area contributed by atoms with Gasteiger partial charge in [-0.15, -0.1) is 0 Å². The lowest BCUT2D eigenvalue weighted by Gasteiger charge is -2.23. The highest BCUT2D eigenvalue weighted by Crippen LogP contribution is 2.12. The maximum Gasteiger partial charge on any atom is 0.268 e. The molecule has 0 saturated carbocycles. The Balaban J connectivity index is 2.63. The monoisotopic (exact) mass is 270 g/mol. The summed E-state index contributed by atoms with van der Waals surface area (Å²) in [6, 6.07) is 3.89. The molecule has 4 nitrogen and oxygen atoms in total. The van der Waals surface area contributed by atoms with E-state index in [0.29, 0.717) is 11.4 Å². The highest BCUT2D eigenvalue weighted by molar-refractivity contribution is 7.98. The van der Waals surface area contributed by atoms with Crippen LogP contribution in [0.3, 0.4) is 0 Å². The zero-order valence-electron chi connectivity index (χ0n) is 11.4. The van der Waals surface area contributed by atoms with Gasteiger partial charge in [0.05, 0.1) is 5.60 Å². The smallest absolute Gasteiger partial charge is 0.268 e. The van der Waals surface area contributed by atoms with Gasteiger partial charge in [-0.25, -0.2) is 0 Å². The number of thioether (sulfide) groups is 1. The molecule has 2 N–H and O–H groups in total. The van der Waals surface area contributed by atoms with Crippen LogP contribution in [0, 0.1) is 0 Å². The fourth-order valence-corrected chi connectivity index (χ4v) is 2.48. The summed E-state index contributed by atoms with van der Waals surface area (Å²) < 4.78 is 1.92. The number of carbonyl (C=O) groups is 1. The second-order valence-electron chi connectivity index (χ2n) is 5.01. The van der Waals surface area contributed by atoms with Crippen molar-refractivity contribution in [2.24, 2.45) is 0 Å². The van der Waals surface area contributed by atoms with Gasteiger partial charge in [0.15, 0.2) is 0 Å². The van der Waals surface area contributed by atoms with E-state index in [-0.39, 0.29) is 18.5 Å². The first-order chi connectivity index (χ1) is 8.37. The summed E-state index contributed by atoms with van der Waals surface area (Å²) in [7, 11) is 0. The maximum absolute atomic E-state index is 12.0. The van der Waals surface area contributed by atoms with Crippen molar-refractivity contribution in [2.75, 3.05) is 18.6 Å². The van der Waals surface area contributed by atoms with Gasteiger partial charge in [0.2, 0.25) is 0 Å². The van der Waals surface area contributed by atoms with Crippen LogP contribution in [0.1, 0.15) is 37.3 Å². The molecule has 0 radical (unpaired) electrons. The molecule has 102 valence electrons. The lowest BCUT2D eigenvalue weighted by molar-refractivity contribution is 0.0719. The normalized spacial score (nSPS) is 14.6.